The third kappa shape index (κ3) is 2.59. The van der Waals surface area contributed by atoms with Gasteiger partial charge in [-0.05, 0) is 44.2 Å². The number of amides is 4. The van der Waals surface area contributed by atoms with Crippen molar-refractivity contribution in [3.63, 3.8) is 0 Å². The number of carbonyl (C=O) groups excluding carboxylic acids is 3. The first kappa shape index (κ1) is 17.1. The summed E-state index contributed by atoms with van der Waals surface area (Å²) in [6.45, 7) is 2.29. The van der Waals surface area contributed by atoms with E-state index in [0.29, 0.717) is 19.4 Å². The minimum absolute atomic E-state index is 0.187. The van der Waals surface area contributed by atoms with Gasteiger partial charge in [0.25, 0.3) is 5.91 Å². The van der Waals surface area contributed by atoms with Crippen LogP contribution in [0, 0.1) is 0 Å². The highest BCUT2D eigenvalue weighted by Crippen LogP contribution is 2.35. The van der Waals surface area contributed by atoms with Crippen LogP contribution in [0.1, 0.15) is 51.0 Å². The van der Waals surface area contributed by atoms with E-state index in [4.69, 9.17) is 0 Å². The number of rotatable bonds is 2. The van der Waals surface area contributed by atoms with E-state index in [1.165, 1.54) is 0 Å². The van der Waals surface area contributed by atoms with Crippen molar-refractivity contribution in [1.82, 2.24) is 10.2 Å². The average Bonchev–Trinajstić information content (AvgIpc) is 2.90. The lowest BCUT2D eigenvalue weighted by molar-refractivity contribution is -0.137. The van der Waals surface area contributed by atoms with Crippen molar-refractivity contribution in [2.75, 3.05) is 11.4 Å². The topological polar surface area (TPSA) is 69.7 Å². The first-order valence-electron chi connectivity index (χ1n) is 9.59. The summed E-state index contributed by atoms with van der Waals surface area (Å²) in [5.74, 6) is -0.415. The molecule has 138 valence electrons. The SMILES string of the molecule is CC(C(=O)N1CCCc2ccccc21)N1C(=O)NC2(CCCCC2)C1=O. The number of fused-ring (bicyclic) bond motifs is 1. The Bertz CT molecular complexity index is 754. The number of urea groups is 1. The van der Waals surface area contributed by atoms with Crippen LogP contribution in [0.2, 0.25) is 0 Å². The van der Waals surface area contributed by atoms with E-state index in [1.54, 1.807) is 11.8 Å². The Labute approximate surface area is 153 Å². The van der Waals surface area contributed by atoms with Gasteiger partial charge in [0, 0.05) is 12.2 Å². The van der Waals surface area contributed by atoms with E-state index in [0.717, 1.165) is 48.3 Å². The molecule has 1 N–H and O–H groups in total. The van der Waals surface area contributed by atoms with E-state index in [2.05, 4.69) is 5.32 Å². The standard InChI is InChI=1S/C20H25N3O3/c1-14(17(24)22-13-7-9-15-8-3-4-10-16(15)22)23-18(25)20(21-19(23)26)11-5-2-6-12-20/h3-4,8,10,14H,2,5-7,9,11-13H2,1H3,(H,21,26). The lowest BCUT2D eigenvalue weighted by atomic mass is 9.81. The molecule has 26 heavy (non-hydrogen) atoms. The molecule has 2 fully saturated rings. The number of hydrogen-bond acceptors (Lipinski definition) is 3. The molecule has 0 aromatic heterocycles. The highest BCUT2D eigenvalue weighted by Gasteiger charge is 2.54. The summed E-state index contributed by atoms with van der Waals surface area (Å²) in [6, 6.07) is 6.64. The van der Waals surface area contributed by atoms with Crippen LogP contribution in [-0.2, 0) is 16.0 Å². The number of para-hydroxylation sites is 1. The second-order valence-corrected chi connectivity index (χ2v) is 7.65. The van der Waals surface area contributed by atoms with Crippen molar-refractivity contribution in [3.8, 4) is 0 Å². The van der Waals surface area contributed by atoms with Crippen LogP contribution >= 0.6 is 0 Å². The molecule has 1 saturated carbocycles. The van der Waals surface area contributed by atoms with Crippen molar-refractivity contribution in [3.05, 3.63) is 29.8 Å². The van der Waals surface area contributed by atoms with Crippen molar-refractivity contribution in [1.29, 1.82) is 0 Å². The van der Waals surface area contributed by atoms with Crippen molar-refractivity contribution in [2.45, 2.75) is 63.5 Å². The maximum absolute atomic E-state index is 13.2. The van der Waals surface area contributed by atoms with Crippen molar-refractivity contribution >= 4 is 23.5 Å². The van der Waals surface area contributed by atoms with Crippen LogP contribution in [0.5, 0.6) is 0 Å². The fourth-order valence-electron chi connectivity index (χ4n) is 4.59. The Morgan fingerprint density at radius 1 is 1.12 bits per heavy atom. The third-order valence-corrected chi connectivity index (χ3v) is 6.02. The molecule has 1 atom stereocenters. The van der Waals surface area contributed by atoms with E-state index in [9.17, 15) is 14.4 Å². The Kier molecular flexibility index (Phi) is 4.21. The lowest BCUT2D eigenvalue weighted by Gasteiger charge is -2.34. The first-order valence-corrected chi connectivity index (χ1v) is 9.59. The third-order valence-electron chi connectivity index (χ3n) is 6.02. The van der Waals surface area contributed by atoms with Gasteiger partial charge in [0.1, 0.15) is 11.6 Å². The summed E-state index contributed by atoms with van der Waals surface area (Å²) in [5, 5.41) is 2.89. The van der Waals surface area contributed by atoms with Gasteiger partial charge < -0.3 is 10.2 Å². The number of imide groups is 1. The molecule has 2 aliphatic heterocycles. The van der Waals surface area contributed by atoms with Crippen LogP contribution < -0.4 is 10.2 Å². The summed E-state index contributed by atoms with van der Waals surface area (Å²) in [4.78, 5) is 41.6. The molecule has 0 radical (unpaired) electrons. The smallest absolute Gasteiger partial charge is 0.323 e. The van der Waals surface area contributed by atoms with Crippen LogP contribution in [0.25, 0.3) is 0 Å². The van der Waals surface area contributed by atoms with Crippen LogP contribution in [-0.4, -0.2) is 40.9 Å². The van der Waals surface area contributed by atoms with E-state index in [1.807, 2.05) is 24.3 Å². The zero-order valence-corrected chi connectivity index (χ0v) is 15.2. The fourth-order valence-corrected chi connectivity index (χ4v) is 4.59. The van der Waals surface area contributed by atoms with Gasteiger partial charge in [-0.3, -0.25) is 9.59 Å². The highest BCUT2D eigenvalue weighted by atomic mass is 16.2. The summed E-state index contributed by atoms with van der Waals surface area (Å²) < 4.78 is 0. The van der Waals surface area contributed by atoms with E-state index >= 15 is 0 Å². The summed E-state index contributed by atoms with van der Waals surface area (Å²) in [7, 11) is 0. The molecule has 6 heteroatoms. The van der Waals surface area contributed by atoms with Gasteiger partial charge in [0.2, 0.25) is 5.91 Å². The molecule has 1 aromatic rings. The number of nitrogens with one attached hydrogen (secondary N) is 1. The predicted octanol–water partition coefficient (Wildman–Crippen LogP) is 2.61. The van der Waals surface area contributed by atoms with Gasteiger partial charge in [-0.1, -0.05) is 37.5 Å². The highest BCUT2D eigenvalue weighted by molar-refractivity contribution is 6.11. The zero-order valence-electron chi connectivity index (χ0n) is 15.2. The number of carbonyl (C=O) groups is 3. The number of nitrogens with zero attached hydrogens (tertiary/aromatic N) is 2. The van der Waals surface area contributed by atoms with Crippen molar-refractivity contribution in [2.24, 2.45) is 0 Å². The molecule has 1 aliphatic carbocycles. The second kappa shape index (κ2) is 6.41. The van der Waals surface area contributed by atoms with Crippen LogP contribution in [0.15, 0.2) is 24.3 Å². The first-order chi connectivity index (χ1) is 12.5. The molecule has 1 unspecified atom stereocenters. The molecule has 3 aliphatic rings. The molecule has 4 rings (SSSR count). The Hall–Kier alpha value is -2.37. The molecule has 1 spiro atoms. The van der Waals surface area contributed by atoms with Gasteiger partial charge in [0.15, 0.2) is 0 Å². The number of hydrogen-bond donors (Lipinski definition) is 1. The number of benzene rings is 1. The van der Waals surface area contributed by atoms with Gasteiger partial charge in [-0.15, -0.1) is 0 Å². The maximum Gasteiger partial charge on any atom is 0.325 e. The Morgan fingerprint density at radius 3 is 2.62 bits per heavy atom. The largest absolute Gasteiger partial charge is 0.325 e. The van der Waals surface area contributed by atoms with Gasteiger partial charge in [-0.2, -0.15) is 0 Å². The molecular formula is C20H25N3O3. The van der Waals surface area contributed by atoms with Gasteiger partial charge in [0.05, 0.1) is 0 Å². The van der Waals surface area contributed by atoms with Crippen LogP contribution in [0.3, 0.4) is 0 Å². The minimum atomic E-state index is -0.796. The average molecular weight is 355 g/mol. The van der Waals surface area contributed by atoms with Gasteiger partial charge in [-0.25, -0.2) is 9.69 Å². The van der Waals surface area contributed by atoms with Crippen LogP contribution in [0.4, 0.5) is 10.5 Å². The predicted molar refractivity (Wildman–Crippen MR) is 97.8 cm³/mol. The minimum Gasteiger partial charge on any atom is -0.323 e. The van der Waals surface area contributed by atoms with E-state index in [-0.39, 0.29) is 11.8 Å². The quantitative estimate of drug-likeness (QED) is 0.829. The summed E-state index contributed by atoms with van der Waals surface area (Å²) in [5.41, 5.74) is 1.25. The molecular weight excluding hydrogens is 330 g/mol. The molecule has 4 amide bonds. The van der Waals surface area contributed by atoms with Crippen molar-refractivity contribution < 1.29 is 14.4 Å². The Morgan fingerprint density at radius 2 is 1.85 bits per heavy atom. The maximum atomic E-state index is 13.2. The van der Waals surface area contributed by atoms with E-state index < -0.39 is 17.6 Å². The molecule has 6 nitrogen and oxygen atoms in total. The van der Waals surface area contributed by atoms with Gasteiger partial charge >= 0.3 is 6.03 Å². The number of aryl methyl sites for hydroxylation is 1. The molecule has 2 heterocycles. The lowest BCUT2D eigenvalue weighted by Crippen LogP contribution is -2.53. The molecule has 1 saturated heterocycles. The summed E-state index contributed by atoms with van der Waals surface area (Å²) in [6.07, 6.45) is 6.12. The second-order valence-electron chi connectivity index (χ2n) is 7.65. The normalized spacial score (nSPS) is 23.0. The Balaban J connectivity index is 1.58. The summed E-state index contributed by atoms with van der Waals surface area (Å²) >= 11 is 0. The fraction of sp³-hybridized carbons (Fsp3) is 0.550. The molecule has 1 aromatic carbocycles. The number of anilines is 1. The zero-order chi connectivity index (χ0) is 18.3. The monoisotopic (exact) mass is 355 g/mol. The molecule has 0 bridgehead atoms.